The number of benzene rings is 1. The van der Waals surface area contributed by atoms with Gasteiger partial charge in [0.15, 0.2) is 0 Å². The SMILES string of the molecule is NC(=O)C1CCN(C(=O)NCCc2cccc3cccnc23)C1. The number of carbonyl (C=O) groups excluding carboxylic acids is 2. The van der Waals surface area contributed by atoms with Crippen molar-refractivity contribution in [1.29, 1.82) is 0 Å². The van der Waals surface area contributed by atoms with Gasteiger partial charge in [-0.05, 0) is 24.5 Å². The maximum absolute atomic E-state index is 12.1. The molecule has 2 heterocycles. The number of aromatic nitrogens is 1. The number of nitrogens with zero attached hydrogens (tertiary/aromatic N) is 2. The first-order valence-corrected chi connectivity index (χ1v) is 7.80. The van der Waals surface area contributed by atoms with Crippen molar-refractivity contribution in [2.75, 3.05) is 19.6 Å². The Morgan fingerprint density at radius 1 is 1.30 bits per heavy atom. The molecule has 0 aliphatic carbocycles. The van der Waals surface area contributed by atoms with Gasteiger partial charge in [-0.1, -0.05) is 24.3 Å². The monoisotopic (exact) mass is 312 g/mol. The van der Waals surface area contributed by atoms with E-state index in [1.54, 1.807) is 11.1 Å². The van der Waals surface area contributed by atoms with Crippen molar-refractivity contribution < 1.29 is 9.59 Å². The fraction of sp³-hybridized carbons (Fsp3) is 0.353. The summed E-state index contributed by atoms with van der Waals surface area (Å²) in [6.45, 7) is 1.53. The number of fused-ring (bicyclic) bond motifs is 1. The van der Waals surface area contributed by atoms with Crippen LogP contribution in [0.5, 0.6) is 0 Å². The molecule has 1 aliphatic rings. The Kier molecular flexibility index (Phi) is 4.41. The quantitative estimate of drug-likeness (QED) is 0.891. The van der Waals surface area contributed by atoms with Crippen LogP contribution in [-0.4, -0.2) is 41.5 Å². The molecule has 1 atom stereocenters. The lowest BCUT2D eigenvalue weighted by atomic mass is 10.1. The van der Waals surface area contributed by atoms with Crippen LogP contribution >= 0.6 is 0 Å². The summed E-state index contributed by atoms with van der Waals surface area (Å²) in [6, 6.07) is 9.86. The van der Waals surface area contributed by atoms with Gasteiger partial charge in [0.1, 0.15) is 0 Å². The predicted molar refractivity (Wildman–Crippen MR) is 87.7 cm³/mol. The highest BCUT2D eigenvalue weighted by atomic mass is 16.2. The van der Waals surface area contributed by atoms with E-state index in [1.807, 2.05) is 30.3 Å². The van der Waals surface area contributed by atoms with E-state index in [0.29, 0.717) is 32.5 Å². The van der Waals surface area contributed by atoms with E-state index in [1.165, 1.54) is 0 Å². The largest absolute Gasteiger partial charge is 0.369 e. The number of urea groups is 1. The standard InChI is InChI=1S/C17H20N4O2/c18-16(22)14-7-10-21(11-14)17(23)20-9-6-13-4-1-3-12-5-2-8-19-15(12)13/h1-5,8,14H,6-7,9-11H2,(H2,18,22)(H,20,23). The molecule has 1 fully saturated rings. The summed E-state index contributed by atoms with van der Waals surface area (Å²) >= 11 is 0. The number of likely N-dealkylation sites (tertiary alicyclic amines) is 1. The van der Waals surface area contributed by atoms with Crippen LogP contribution in [0.4, 0.5) is 4.79 Å². The van der Waals surface area contributed by atoms with E-state index in [4.69, 9.17) is 5.73 Å². The Morgan fingerprint density at radius 2 is 2.13 bits per heavy atom. The van der Waals surface area contributed by atoms with Gasteiger partial charge in [-0.3, -0.25) is 9.78 Å². The van der Waals surface area contributed by atoms with Gasteiger partial charge in [0.05, 0.1) is 11.4 Å². The fourth-order valence-corrected chi connectivity index (χ4v) is 2.96. The maximum atomic E-state index is 12.1. The summed E-state index contributed by atoms with van der Waals surface area (Å²) in [6.07, 6.45) is 3.14. The zero-order valence-electron chi connectivity index (χ0n) is 12.9. The molecule has 0 radical (unpaired) electrons. The van der Waals surface area contributed by atoms with Gasteiger partial charge in [0.2, 0.25) is 5.91 Å². The summed E-state index contributed by atoms with van der Waals surface area (Å²) in [4.78, 5) is 29.3. The molecule has 2 aromatic rings. The molecular formula is C17H20N4O2. The third-order valence-electron chi connectivity index (χ3n) is 4.26. The first-order chi connectivity index (χ1) is 11.1. The normalized spacial score (nSPS) is 17.4. The van der Waals surface area contributed by atoms with Crippen LogP contribution in [0.25, 0.3) is 10.9 Å². The summed E-state index contributed by atoms with van der Waals surface area (Å²) in [5.41, 5.74) is 7.37. The Balaban J connectivity index is 1.55. The van der Waals surface area contributed by atoms with E-state index in [-0.39, 0.29) is 17.9 Å². The van der Waals surface area contributed by atoms with Crippen LogP contribution in [0.1, 0.15) is 12.0 Å². The zero-order valence-corrected chi connectivity index (χ0v) is 12.9. The second kappa shape index (κ2) is 6.64. The first kappa shape index (κ1) is 15.3. The second-order valence-corrected chi connectivity index (χ2v) is 5.81. The molecule has 1 aromatic carbocycles. The summed E-state index contributed by atoms with van der Waals surface area (Å²) in [7, 11) is 0. The first-order valence-electron chi connectivity index (χ1n) is 7.80. The van der Waals surface area contributed by atoms with Gasteiger partial charge in [-0.2, -0.15) is 0 Å². The van der Waals surface area contributed by atoms with E-state index in [0.717, 1.165) is 16.5 Å². The van der Waals surface area contributed by atoms with Crippen molar-refractivity contribution in [3.05, 3.63) is 42.1 Å². The van der Waals surface area contributed by atoms with Crippen LogP contribution in [0.2, 0.25) is 0 Å². The van der Waals surface area contributed by atoms with Gasteiger partial charge in [-0.15, -0.1) is 0 Å². The van der Waals surface area contributed by atoms with E-state index < -0.39 is 0 Å². The van der Waals surface area contributed by atoms with Gasteiger partial charge in [0.25, 0.3) is 0 Å². The van der Waals surface area contributed by atoms with Gasteiger partial charge < -0.3 is 16.0 Å². The van der Waals surface area contributed by atoms with Gasteiger partial charge in [-0.25, -0.2) is 4.79 Å². The van der Waals surface area contributed by atoms with Crippen molar-refractivity contribution in [3.63, 3.8) is 0 Å². The number of hydrogen-bond acceptors (Lipinski definition) is 3. The van der Waals surface area contributed by atoms with Gasteiger partial charge >= 0.3 is 6.03 Å². The number of nitrogens with two attached hydrogens (primary N) is 1. The minimum absolute atomic E-state index is 0.137. The average Bonchev–Trinajstić information content (AvgIpc) is 3.05. The molecule has 120 valence electrons. The molecule has 3 rings (SSSR count). The lowest BCUT2D eigenvalue weighted by Gasteiger charge is -2.17. The Morgan fingerprint density at radius 3 is 2.91 bits per heavy atom. The molecule has 0 saturated carbocycles. The van der Waals surface area contributed by atoms with E-state index in [9.17, 15) is 9.59 Å². The molecule has 0 bridgehead atoms. The second-order valence-electron chi connectivity index (χ2n) is 5.81. The third kappa shape index (κ3) is 3.41. The summed E-state index contributed by atoms with van der Waals surface area (Å²) in [5, 5.41) is 4.00. The highest BCUT2D eigenvalue weighted by Gasteiger charge is 2.29. The molecule has 3 amide bonds. The van der Waals surface area contributed by atoms with Crippen LogP contribution < -0.4 is 11.1 Å². The highest BCUT2D eigenvalue weighted by molar-refractivity contribution is 5.82. The van der Waals surface area contributed by atoms with Crippen molar-refractivity contribution in [2.45, 2.75) is 12.8 Å². The van der Waals surface area contributed by atoms with Crippen LogP contribution in [0.15, 0.2) is 36.5 Å². The number of amides is 3. The lowest BCUT2D eigenvalue weighted by Crippen LogP contribution is -2.40. The fourth-order valence-electron chi connectivity index (χ4n) is 2.96. The highest BCUT2D eigenvalue weighted by Crippen LogP contribution is 2.17. The maximum Gasteiger partial charge on any atom is 0.317 e. The number of carbonyl (C=O) groups is 2. The van der Waals surface area contributed by atoms with Gasteiger partial charge in [0, 0.05) is 31.2 Å². The van der Waals surface area contributed by atoms with E-state index >= 15 is 0 Å². The summed E-state index contributed by atoms with van der Waals surface area (Å²) < 4.78 is 0. The number of rotatable bonds is 4. The molecule has 3 N–H and O–H groups in total. The number of hydrogen-bond donors (Lipinski definition) is 2. The number of pyridine rings is 1. The van der Waals surface area contributed by atoms with Crippen molar-refractivity contribution in [2.24, 2.45) is 11.7 Å². The number of nitrogens with one attached hydrogen (secondary N) is 1. The minimum atomic E-state index is -0.331. The molecule has 6 nitrogen and oxygen atoms in total. The zero-order chi connectivity index (χ0) is 16.2. The molecule has 1 unspecified atom stereocenters. The molecule has 1 saturated heterocycles. The Bertz CT molecular complexity index is 726. The van der Waals surface area contributed by atoms with Crippen molar-refractivity contribution >= 4 is 22.8 Å². The molecule has 1 aliphatic heterocycles. The number of para-hydroxylation sites is 1. The molecule has 6 heteroatoms. The smallest absolute Gasteiger partial charge is 0.317 e. The average molecular weight is 312 g/mol. The Labute approximate surface area is 134 Å². The number of primary amides is 1. The molecule has 0 spiro atoms. The molecule has 23 heavy (non-hydrogen) atoms. The molecular weight excluding hydrogens is 292 g/mol. The van der Waals surface area contributed by atoms with Crippen LogP contribution in [0.3, 0.4) is 0 Å². The van der Waals surface area contributed by atoms with Crippen molar-refractivity contribution in [1.82, 2.24) is 15.2 Å². The van der Waals surface area contributed by atoms with E-state index in [2.05, 4.69) is 10.3 Å². The van der Waals surface area contributed by atoms with Crippen LogP contribution in [0, 0.1) is 5.92 Å². The van der Waals surface area contributed by atoms with Crippen molar-refractivity contribution in [3.8, 4) is 0 Å². The van der Waals surface area contributed by atoms with Crippen LogP contribution in [-0.2, 0) is 11.2 Å². The lowest BCUT2D eigenvalue weighted by molar-refractivity contribution is -0.121. The Hall–Kier alpha value is -2.63. The minimum Gasteiger partial charge on any atom is -0.369 e. The molecule has 1 aromatic heterocycles. The summed E-state index contributed by atoms with van der Waals surface area (Å²) in [5.74, 6) is -0.551. The topological polar surface area (TPSA) is 88.3 Å². The third-order valence-corrected chi connectivity index (χ3v) is 4.26. The predicted octanol–water partition coefficient (Wildman–Crippen LogP) is 1.29.